The molecule has 202 valence electrons. The van der Waals surface area contributed by atoms with E-state index in [4.69, 9.17) is 21.4 Å². The van der Waals surface area contributed by atoms with Crippen LogP contribution in [0.2, 0.25) is 5.02 Å². The Kier molecular flexibility index (Phi) is 9.37. The molecule has 0 saturated heterocycles. The highest BCUT2D eigenvalue weighted by molar-refractivity contribution is 7.92. The molecule has 0 aromatic heterocycles. The van der Waals surface area contributed by atoms with Crippen LogP contribution in [0.25, 0.3) is 11.1 Å². The summed E-state index contributed by atoms with van der Waals surface area (Å²) >= 11 is 6.12. The molecule has 9 nitrogen and oxygen atoms in total. The molecule has 3 aromatic rings. The number of ether oxygens (including phenoxy) is 1. The normalized spacial score (nSPS) is 12.0. The van der Waals surface area contributed by atoms with E-state index in [1.165, 1.54) is 12.1 Å². The van der Waals surface area contributed by atoms with E-state index in [1.807, 2.05) is 6.92 Å². The van der Waals surface area contributed by atoms with Crippen molar-refractivity contribution < 1.29 is 33.0 Å². The molecular weight excluding hydrogens is 532 g/mol. The average Bonchev–Trinajstić information content (AvgIpc) is 2.87. The minimum Gasteiger partial charge on any atom is -0.493 e. The van der Waals surface area contributed by atoms with Gasteiger partial charge in [-0.05, 0) is 78.9 Å². The summed E-state index contributed by atoms with van der Waals surface area (Å²) in [4.78, 5) is 24.0. The number of aliphatic carboxylic acids is 1. The van der Waals surface area contributed by atoms with Gasteiger partial charge in [-0.1, -0.05) is 36.7 Å². The molecule has 0 aliphatic heterocycles. The predicted molar refractivity (Wildman–Crippen MR) is 145 cm³/mol. The zero-order chi connectivity index (χ0) is 28.0. The van der Waals surface area contributed by atoms with Crippen molar-refractivity contribution in [2.75, 3.05) is 17.9 Å². The fraction of sp³-hybridized carbons (Fsp3) is 0.259. The second-order valence-corrected chi connectivity index (χ2v) is 10.7. The number of sulfonamides is 1. The molecule has 0 fully saturated rings. The smallest absolute Gasteiger partial charge is 0.328 e. The largest absolute Gasteiger partial charge is 0.493 e. The Bertz CT molecular complexity index is 1460. The number of halogens is 1. The average molecular weight is 561 g/mol. The van der Waals surface area contributed by atoms with Gasteiger partial charge in [-0.3, -0.25) is 9.52 Å². The Morgan fingerprint density at radius 3 is 2.39 bits per heavy atom. The SMILES string of the molecule is CCCOc1cc(-c2cccc(NS(=O)(=O)c3cc(C)c(Cl)cc3C)c2)ccc1C(=O)NC(CO)C(=O)O. The van der Waals surface area contributed by atoms with Crippen molar-refractivity contribution >= 4 is 39.2 Å². The number of nitrogens with one attached hydrogen (secondary N) is 2. The molecule has 0 heterocycles. The van der Waals surface area contributed by atoms with Crippen LogP contribution in [0.3, 0.4) is 0 Å². The molecule has 0 bridgehead atoms. The zero-order valence-electron chi connectivity index (χ0n) is 21.1. The molecule has 0 saturated carbocycles. The third-order valence-electron chi connectivity index (χ3n) is 5.67. The Morgan fingerprint density at radius 2 is 1.74 bits per heavy atom. The summed E-state index contributed by atoms with van der Waals surface area (Å²) in [5.74, 6) is -1.85. The van der Waals surface area contributed by atoms with Crippen molar-refractivity contribution in [3.8, 4) is 16.9 Å². The number of carbonyl (C=O) groups excluding carboxylic acids is 1. The van der Waals surface area contributed by atoms with Gasteiger partial charge >= 0.3 is 5.97 Å². The number of rotatable bonds is 11. The van der Waals surface area contributed by atoms with Crippen molar-refractivity contribution in [1.82, 2.24) is 5.32 Å². The van der Waals surface area contributed by atoms with Crippen molar-refractivity contribution in [3.63, 3.8) is 0 Å². The van der Waals surface area contributed by atoms with E-state index >= 15 is 0 Å². The molecule has 0 spiro atoms. The van der Waals surface area contributed by atoms with Gasteiger partial charge in [-0.15, -0.1) is 0 Å². The van der Waals surface area contributed by atoms with Gasteiger partial charge in [0.25, 0.3) is 15.9 Å². The first-order chi connectivity index (χ1) is 18.0. The molecule has 3 aromatic carbocycles. The quantitative estimate of drug-likeness (QED) is 0.272. The topological polar surface area (TPSA) is 142 Å². The zero-order valence-corrected chi connectivity index (χ0v) is 22.7. The van der Waals surface area contributed by atoms with Crippen molar-refractivity contribution in [3.05, 3.63) is 76.3 Å². The van der Waals surface area contributed by atoms with Crippen LogP contribution < -0.4 is 14.8 Å². The lowest BCUT2D eigenvalue weighted by atomic mass is 10.0. The highest BCUT2D eigenvalue weighted by Gasteiger charge is 2.23. The van der Waals surface area contributed by atoms with Crippen LogP contribution in [0.15, 0.2) is 59.5 Å². The lowest BCUT2D eigenvalue weighted by molar-refractivity contribution is -0.140. The minimum atomic E-state index is -3.90. The fourth-order valence-corrected chi connectivity index (χ4v) is 5.24. The van der Waals surface area contributed by atoms with E-state index in [0.717, 1.165) is 0 Å². The number of amides is 1. The Balaban J connectivity index is 1.93. The summed E-state index contributed by atoms with van der Waals surface area (Å²) in [6.45, 7) is 4.85. The number of hydrogen-bond donors (Lipinski definition) is 4. The number of carboxylic acids is 1. The fourth-order valence-electron chi connectivity index (χ4n) is 3.66. The molecule has 0 aliphatic rings. The van der Waals surface area contributed by atoms with E-state index in [0.29, 0.717) is 46.0 Å². The van der Waals surface area contributed by atoms with Crippen LogP contribution in [0, 0.1) is 13.8 Å². The van der Waals surface area contributed by atoms with Gasteiger partial charge < -0.3 is 20.3 Å². The summed E-state index contributed by atoms with van der Waals surface area (Å²) in [6, 6.07) is 13.2. The van der Waals surface area contributed by atoms with E-state index in [-0.39, 0.29) is 16.2 Å². The van der Waals surface area contributed by atoms with Gasteiger partial charge in [0.1, 0.15) is 5.75 Å². The van der Waals surface area contributed by atoms with Crippen LogP contribution in [-0.4, -0.2) is 49.8 Å². The van der Waals surface area contributed by atoms with Gasteiger partial charge in [-0.25, -0.2) is 13.2 Å². The first-order valence-electron chi connectivity index (χ1n) is 11.8. The summed E-state index contributed by atoms with van der Waals surface area (Å²) < 4.78 is 34.6. The second kappa shape index (κ2) is 12.3. The van der Waals surface area contributed by atoms with Gasteiger partial charge in [0.15, 0.2) is 6.04 Å². The van der Waals surface area contributed by atoms with Crippen molar-refractivity contribution in [1.29, 1.82) is 0 Å². The first-order valence-corrected chi connectivity index (χ1v) is 13.6. The molecule has 0 aliphatic carbocycles. The van der Waals surface area contributed by atoms with E-state index in [1.54, 1.807) is 56.3 Å². The Hall–Kier alpha value is -3.60. The van der Waals surface area contributed by atoms with Gasteiger partial charge in [0.2, 0.25) is 0 Å². The van der Waals surface area contributed by atoms with Crippen LogP contribution in [-0.2, 0) is 14.8 Å². The molecule has 1 unspecified atom stereocenters. The number of carbonyl (C=O) groups is 2. The Labute approximate surface area is 226 Å². The molecule has 11 heteroatoms. The van der Waals surface area contributed by atoms with Crippen LogP contribution >= 0.6 is 11.6 Å². The van der Waals surface area contributed by atoms with Crippen molar-refractivity contribution in [2.45, 2.75) is 38.1 Å². The van der Waals surface area contributed by atoms with E-state index < -0.39 is 34.5 Å². The van der Waals surface area contributed by atoms with E-state index in [2.05, 4.69) is 10.0 Å². The standard InChI is InChI=1S/C27H29ClN2O7S/c1-4-10-37-24-14-19(8-9-21(24)26(32)29-23(15-31)27(33)34)18-6-5-7-20(13-18)30-38(35,36)25-12-16(2)22(28)11-17(25)3/h5-9,11-14,23,30-31H,4,10,15H2,1-3H3,(H,29,32)(H,33,34). The Morgan fingerprint density at radius 1 is 1.03 bits per heavy atom. The van der Waals surface area contributed by atoms with Gasteiger partial charge in [-0.2, -0.15) is 0 Å². The minimum absolute atomic E-state index is 0.104. The number of anilines is 1. The number of hydrogen-bond acceptors (Lipinski definition) is 6. The molecule has 3 rings (SSSR count). The highest BCUT2D eigenvalue weighted by Crippen LogP contribution is 2.31. The lowest BCUT2D eigenvalue weighted by Gasteiger charge is -2.16. The number of carboxylic acid groups (broad SMARTS) is 1. The molecule has 1 atom stereocenters. The van der Waals surface area contributed by atoms with Crippen molar-refractivity contribution in [2.24, 2.45) is 0 Å². The number of aryl methyl sites for hydroxylation is 2. The predicted octanol–water partition coefficient (Wildman–Crippen LogP) is 4.39. The monoisotopic (exact) mass is 560 g/mol. The van der Waals surface area contributed by atoms with Gasteiger partial charge in [0.05, 0.1) is 23.7 Å². The summed E-state index contributed by atoms with van der Waals surface area (Å²) in [5.41, 5.74) is 2.89. The molecular formula is C27H29ClN2O7S. The van der Waals surface area contributed by atoms with Crippen LogP contribution in [0.5, 0.6) is 5.75 Å². The maximum atomic E-state index is 13.1. The molecule has 1 amide bonds. The van der Waals surface area contributed by atoms with Crippen LogP contribution in [0.1, 0.15) is 34.8 Å². The summed E-state index contributed by atoms with van der Waals surface area (Å²) in [7, 11) is -3.90. The maximum Gasteiger partial charge on any atom is 0.328 e. The molecule has 0 radical (unpaired) electrons. The van der Waals surface area contributed by atoms with Gasteiger partial charge in [0, 0.05) is 10.7 Å². The maximum absolute atomic E-state index is 13.1. The molecule has 4 N–H and O–H groups in total. The van der Waals surface area contributed by atoms with Crippen LogP contribution in [0.4, 0.5) is 5.69 Å². The number of benzene rings is 3. The summed E-state index contributed by atoms with van der Waals surface area (Å²) in [5, 5.41) is 21.1. The number of aliphatic hydroxyl groups excluding tert-OH is 1. The molecule has 38 heavy (non-hydrogen) atoms. The number of aliphatic hydroxyl groups is 1. The van der Waals surface area contributed by atoms with E-state index in [9.17, 15) is 23.1 Å². The third kappa shape index (κ3) is 6.83. The lowest BCUT2D eigenvalue weighted by Crippen LogP contribution is -2.43. The first kappa shape index (κ1) is 29.0. The second-order valence-electron chi connectivity index (χ2n) is 8.66. The highest BCUT2D eigenvalue weighted by atomic mass is 35.5. The third-order valence-corrected chi connectivity index (χ3v) is 7.60. The summed E-state index contributed by atoms with van der Waals surface area (Å²) in [6.07, 6.45) is 0.667.